The summed E-state index contributed by atoms with van der Waals surface area (Å²) in [5.74, 6) is 0.582. The third kappa shape index (κ3) is 1.89. The van der Waals surface area contributed by atoms with Crippen LogP contribution in [0.1, 0.15) is 39.5 Å². The number of ether oxygens (including phenoxy) is 1. The Bertz CT molecular complexity index is 242. The molecule has 1 aliphatic carbocycles. The van der Waals surface area contributed by atoms with Gasteiger partial charge in [0.2, 0.25) is 0 Å². The van der Waals surface area contributed by atoms with E-state index < -0.39 is 0 Å². The molecular formula is C12H21NO2. The molecule has 86 valence electrons. The number of likely N-dealkylation sites (tertiary alicyclic amines) is 1. The van der Waals surface area contributed by atoms with Gasteiger partial charge in [-0.3, -0.25) is 9.69 Å². The van der Waals surface area contributed by atoms with Crippen molar-refractivity contribution < 1.29 is 9.53 Å². The number of hydrogen-bond donors (Lipinski definition) is 0. The SMILES string of the molecule is CCCN1[C@H]2CC[C@@H](C2)[C@H]1C(=O)OCC. The van der Waals surface area contributed by atoms with Crippen molar-refractivity contribution in [2.45, 2.75) is 51.6 Å². The fraction of sp³-hybridized carbons (Fsp3) is 0.917. The molecule has 3 heteroatoms. The van der Waals surface area contributed by atoms with Gasteiger partial charge < -0.3 is 4.74 Å². The van der Waals surface area contributed by atoms with Gasteiger partial charge in [0, 0.05) is 6.04 Å². The molecule has 0 N–H and O–H groups in total. The Morgan fingerprint density at radius 3 is 2.87 bits per heavy atom. The van der Waals surface area contributed by atoms with Gasteiger partial charge in [-0.15, -0.1) is 0 Å². The van der Waals surface area contributed by atoms with E-state index in [1.165, 1.54) is 19.3 Å². The standard InChI is InChI=1S/C12H21NO2/c1-3-7-13-10-6-5-9(8-10)11(13)12(14)15-4-2/h9-11H,3-8H2,1-2H3/t9-,10-,11-/m0/s1. The van der Waals surface area contributed by atoms with E-state index in [4.69, 9.17) is 4.74 Å². The van der Waals surface area contributed by atoms with E-state index in [0.717, 1.165) is 13.0 Å². The fourth-order valence-corrected chi connectivity index (χ4v) is 3.21. The zero-order chi connectivity index (χ0) is 10.8. The van der Waals surface area contributed by atoms with Gasteiger partial charge in [-0.2, -0.15) is 0 Å². The number of piperidine rings is 1. The van der Waals surface area contributed by atoms with Gasteiger partial charge in [-0.1, -0.05) is 6.92 Å². The second-order valence-electron chi connectivity index (χ2n) is 4.66. The first-order chi connectivity index (χ1) is 7.27. The minimum absolute atomic E-state index is 0.0122. The van der Waals surface area contributed by atoms with E-state index in [0.29, 0.717) is 18.6 Å². The third-order valence-electron chi connectivity index (χ3n) is 3.73. The van der Waals surface area contributed by atoms with E-state index in [9.17, 15) is 4.79 Å². The average Bonchev–Trinajstić information content (AvgIpc) is 2.78. The largest absolute Gasteiger partial charge is 0.465 e. The molecule has 0 aromatic heterocycles. The molecule has 0 aromatic rings. The van der Waals surface area contributed by atoms with E-state index >= 15 is 0 Å². The highest BCUT2D eigenvalue weighted by atomic mass is 16.5. The molecule has 2 rings (SSSR count). The first-order valence-electron chi connectivity index (χ1n) is 6.20. The smallest absolute Gasteiger partial charge is 0.323 e. The highest BCUT2D eigenvalue weighted by molar-refractivity contribution is 5.77. The summed E-state index contributed by atoms with van der Waals surface area (Å²) in [7, 11) is 0. The summed E-state index contributed by atoms with van der Waals surface area (Å²) < 4.78 is 5.17. The van der Waals surface area contributed by atoms with Gasteiger partial charge in [0.25, 0.3) is 0 Å². The van der Waals surface area contributed by atoms with Gasteiger partial charge in [-0.05, 0) is 45.1 Å². The summed E-state index contributed by atoms with van der Waals surface area (Å²) in [6.45, 7) is 5.61. The van der Waals surface area contributed by atoms with Crippen molar-refractivity contribution in [3.8, 4) is 0 Å². The molecule has 3 nitrogen and oxygen atoms in total. The van der Waals surface area contributed by atoms with Gasteiger partial charge in [0.1, 0.15) is 6.04 Å². The van der Waals surface area contributed by atoms with Crippen LogP contribution in [0.5, 0.6) is 0 Å². The number of hydrogen-bond acceptors (Lipinski definition) is 3. The van der Waals surface area contributed by atoms with Crippen LogP contribution in [0.4, 0.5) is 0 Å². The second kappa shape index (κ2) is 4.52. The highest BCUT2D eigenvalue weighted by Crippen LogP contribution is 2.42. The summed E-state index contributed by atoms with van der Waals surface area (Å²) in [5.41, 5.74) is 0. The maximum absolute atomic E-state index is 11.9. The lowest BCUT2D eigenvalue weighted by atomic mass is 9.98. The number of fused-ring (bicyclic) bond motifs is 2. The van der Waals surface area contributed by atoms with Crippen LogP contribution in [-0.2, 0) is 9.53 Å². The first kappa shape index (κ1) is 10.9. The minimum Gasteiger partial charge on any atom is -0.465 e. The molecule has 0 radical (unpaired) electrons. The van der Waals surface area contributed by atoms with Gasteiger partial charge in [0.05, 0.1) is 6.61 Å². The van der Waals surface area contributed by atoms with Crippen LogP contribution in [0.2, 0.25) is 0 Å². The second-order valence-corrected chi connectivity index (χ2v) is 4.66. The van der Waals surface area contributed by atoms with E-state index in [1.54, 1.807) is 0 Å². The van der Waals surface area contributed by atoms with Crippen LogP contribution in [0.15, 0.2) is 0 Å². The number of carbonyl (C=O) groups is 1. The Morgan fingerprint density at radius 2 is 2.20 bits per heavy atom. The van der Waals surface area contributed by atoms with Crippen molar-refractivity contribution in [1.29, 1.82) is 0 Å². The Balaban J connectivity index is 2.04. The number of rotatable bonds is 4. The van der Waals surface area contributed by atoms with Crippen LogP contribution < -0.4 is 0 Å². The summed E-state index contributed by atoms with van der Waals surface area (Å²) in [4.78, 5) is 14.2. The highest BCUT2D eigenvalue weighted by Gasteiger charge is 2.49. The lowest BCUT2D eigenvalue weighted by molar-refractivity contribution is -0.151. The molecule has 2 fully saturated rings. The Labute approximate surface area is 91.8 Å². The number of carbonyl (C=O) groups excluding carboxylic acids is 1. The topological polar surface area (TPSA) is 29.5 Å². The van der Waals surface area contributed by atoms with Crippen molar-refractivity contribution in [2.24, 2.45) is 5.92 Å². The molecule has 0 unspecified atom stereocenters. The number of nitrogens with zero attached hydrogens (tertiary/aromatic N) is 1. The lowest BCUT2D eigenvalue weighted by Gasteiger charge is -2.33. The van der Waals surface area contributed by atoms with E-state index in [1.807, 2.05) is 6.92 Å². The predicted molar refractivity (Wildman–Crippen MR) is 58.5 cm³/mol. The molecule has 2 aliphatic rings. The molecule has 1 heterocycles. The van der Waals surface area contributed by atoms with Crippen LogP contribution >= 0.6 is 0 Å². The van der Waals surface area contributed by atoms with Crippen molar-refractivity contribution in [1.82, 2.24) is 4.90 Å². The van der Waals surface area contributed by atoms with Gasteiger partial charge in [-0.25, -0.2) is 0 Å². The molecule has 1 aliphatic heterocycles. The summed E-state index contributed by atoms with van der Waals surface area (Å²) in [6, 6.07) is 0.730. The summed E-state index contributed by atoms with van der Waals surface area (Å²) in [5, 5.41) is 0. The molecule has 3 atom stereocenters. The van der Waals surface area contributed by atoms with Crippen molar-refractivity contribution >= 4 is 5.97 Å². The molecule has 0 aromatic carbocycles. The molecule has 0 spiro atoms. The maximum atomic E-state index is 11.9. The van der Waals surface area contributed by atoms with Gasteiger partial charge in [0.15, 0.2) is 0 Å². The molecular weight excluding hydrogens is 190 g/mol. The Morgan fingerprint density at radius 1 is 1.40 bits per heavy atom. The first-order valence-corrected chi connectivity index (χ1v) is 6.20. The minimum atomic E-state index is 0.0122. The Hall–Kier alpha value is -0.570. The Kier molecular flexibility index (Phi) is 3.29. The quantitative estimate of drug-likeness (QED) is 0.664. The number of esters is 1. The lowest BCUT2D eigenvalue weighted by Crippen LogP contribution is -2.46. The molecule has 15 heavy (non-hydrogen) atoms. The summed E-state index contributed by atoms with van der Waals surface area (Å²) in [6.07, 6.45) is 4.83. The van der Waals surface area contributed by atoms with Crippen molar-refractivity contribution in [3.63, 3.8) is 0 Å². The average molecular weight is 211 g/mol. The van der Waals surface area contributed by atoms with Crippen molar-refractivity contribution in [3.05, 3.63) is 0 Å². The van der Waals surface area contributed by atoms with Crippen LogP contribution in [0.3, 0.4) is 0 Å². The predicted octanol–water partition coefficient (Wildman–Crippen LogP) is 1.81. The molecule has 2 bridgehead atoms. The van der Waals surface area contributed by atoms with Crippen LogP contribution in [0.25, 0.3) is 0 Å². The zero-order valence-corrected chi connectivity index (χ0v) is 9.74. The maximum Gasteiger partial charge on any atom is 0.323 e. The van der Waals surface area contributed by atoms with E-state index in [-0.39, 0.29) is 12.0 Å². The van der Waals surface area contributed by atoms with Crippen LogP contribution in [-0.4, -0.2) is 36.1 Å². The third-order valence-corrected chi connectivity index (χ3v) is 3.73. The zero-order valence-electron chi connectivity index (χ0n) is 9.74. The van der Waals surface area contributed by atoms with Gasteiger partial charge >= 0.3 is 5.97 Å². The molecule has 1 saturated heterocycles. The van der Waals surface area contributed by atoms with Crippen molar-refractivity contribution in [2.75, 3.05) is 13.2 Å². The molecule has 1 saturated carbocycles. The normalized spacial score (nSPS) is 34.7. The monoisotopic (exact) mass is 211 g/mol. The van der Waals surface area contributed by atoms with Crippen LogP contribution in [0, 0.1) is 5.92 Å². The summed E-state index contributed by atoms with van der Waals surface area (Å²) >= 11 is 0. The fourth-order valence-electron chi connectivity index (χ4n) is 3.21. The van der Waals surface area contributed by atoms with E-state index in [2.05, 4.69) is 11.8 Å². The molecule has 0 amide bonds.